The van der Waals surface area contributed by atoms with Gasteiger partial charge in [-0.15, -0.1) is 0 Å². The molecule has 0 fully saturated rings. The first kappa shape index (κ1) is 9.03. The zero-order valence-electron chi connectivity index (χ0n) is 6.30. The predicted octanol–water partition coefficient (Wildman–Crippen LogP) is 1.89. The van der Waals surface area contributed by atoms with Gasteiger partial charge in [0, 0.05) is 27.9 Å². The molecule has 0 spiro atoms. The van der Waals surface area contributed by atoms with Gasteiger partial charge in [0.15, 0.2) is 0 Å². The Morgan fingerprint density at radius 2 is 2.27 bits per heavy atom. The van der Waals surface area contributed by atoms with Crippen LogP contribution in [0.5, 0.6) is 0 Å². The zero-order chi connectivity index (χ0) is 8.43. The molecule has 0 aromatic carbocycles. The summed E-state index contributed by atoms with van der Waals surface area (Å²) in [5.74, 6) is 0. The summed E-state index contributed by atoms with van der Waals surface area (Å²) < 4.78 is 11.9. The molecule has 4 heteroatoms. The van der Waals surface area contributed by atoms with E-state index in [2.05, 4.69) is 20.9 Å². The second-order valence-corrected chi connectivity index (χ2v) is 4.41. The Kier molecular flexibility index (Phi) is 2.92. The quantitative estimate of drug-likeness (QED) is 0.695. The van der Waals surface area contributed by atoms with Gasteiger partial charge in [0.2, 0.25) is 5.03 Å². The fraction of sp³-hybridized carbons (Fsp3) is 0.286. The highest BCUT2D eigenvalue weighted by Gasteiger charge is 2.06. The second-order valence-electron chi connectivity index (χ2n) is 2.23. The van der Waals surface area contributed by atoms with Crippen molar-refractivity contribution >= 4 is 27.1 Å². The SMILES string of the molecule is Cc1cc([S+](C)[O-])ncc1Br. The maximum absolute atomic E-state index is 10.9. The van der Waals surface area contributed by atoms with Gasteiger partial charge in [-0.2, -0.15) is 0 Å². The molecule has 0 radical (unpaired) electrons. The van der Waals surface area contributed by atoms with Gasteiger partial charge < -0.3 is 4.55 Å². The van der Waals surface area contributed by atoms with E-state index in [9.17, 15) is 4.55 Å². The lowest BCUT2D eigenvalue weighted by atomic mass is 10.3. The van der Waals surface area contributed by atoms with E-state index in [4.69, 9.17) is 0 Å². The molecule has 1 atom stereocenters. The van der Waals surface area contributed by atoms with Crippen LogP contribution in [0.3, 0.4) is 0 Å². The largest absolute Gasteiger partial charge is 0.610 e. The molecule has 1 heterocycles. The fourth-order valence-corrected chi connectivity index (χ4v) is 1.43. The maximum atomic E-state index is 10.9. The van der Waals surface area contributed by atoms with Crippen LogP contribution in [0.25, 0.3) is 0 Å². The highest BCUT2D eigenvalue weighted by molar-refractivity contribution is 9.10. The summed E-state index contributed by atoms with van der Waals surface area (Å²) in [4.78, 5) is 3.99. The van der Waals surface area contributed by atoms with Crippen molar-refractivity contribution in [3.63, 3.8) is 0 Å². The van der Waals surface area contributed by atoms with Gasteiger partial charge in [-0.3, -0.25) is 0 Å². The van der Waals surface area contributed by atoms with Gasteiger partial charge in [-0.25, -0.2) is 4.98 Å². The molecule has 0 aliphatic heterocycles. The molecule has 1 aromatic rings. The van der Waals surface area contributed by atoms with E-state index < -0.39 is 11.2 Å². The number of hydrogen-bond acceptors (Lipinski definition) is 2. The molecule has 0 aliphatic carbocycles. The van der Waals surface area contributed by atoms with Crippen molar-refractivity contribution in [2.24, 2.45) is 0 Å². The average Bonchev–Trinajstić information content (AvgIpc) is 1.94. The monoisotopic (exact) mass is 233 g/mol. The number of hydrogen-bond donors (Lipinski definition) is 0. The summed E-state index contributed by atoms with van der Waals surface area (Å²) in [5.41, 5.74) is 1.06. The van der Waals surface area contributed by atoms with Gasteiger partial charge >= 0.3 is 0 Å². The standard InChI is InChI=1S/C7H8BrNOS/c1-5-3-7(11(2)10)9-4-6(5)8/h3-4H,1-2H3. The predicted molar refractivity (Wildman–Crippen MR) is 49.0 cm³/mol. The van der Waals surface area contributed by atoms with Crippen LogP contribution in [-0.2, 0) is 11.2 Å². The second kappa shape index (κ2) is 3.56. The van der Waals surface area contributed by atoms with E-state index in [1.165, 1.54) is 0 Å². The Bertz CT molecular complexity index is 265. The van der Waals surface area contributed by atoms with Crippen LogP contribution in [-0.4, -0.2) is 15.8 Å². The lowest BCUT2D eigenvalue weighted by molar-refractivity contribution is 0.597. The van der Waals surface area contributed by atoms with E-state index in [0.29, 0.717) is 5.03 Å². The topological polar surface area (TPSA) is 36.0 Å². The van der Waals surface area contributed by atoms with Gasteiger partial charge in [0.1, 0.15) is 6.26 Å². The molecule has 1 aromatic heterocycles. The minimum atomic E-state index is -0.979. The van der Waals surface area contributed by atoms with Crippen LogP contribution < -0.4 is 0 Å². The average molecular weight is 234 g/mol. The van der Waals surface area contributed by atoms with Crippen molar-refractivity contribution < 1.29 is 4.55 Å². The van der Waals surface area contributed by atoms with Gasteiger partial charge in [-0.1, -0.05) is 0 Å². The molecule has 1 rings (SSSR count). The van der Waals surface area contributed by atoms with Crippen molar-refractivity contribution in [2.45, 2.75) is 11.9 Å². The summed E-state index contributed by atoms with van der Waals surface area (Å²) in [7, 11) is 0. The molecule has 1 unspecified atom stereocenters. The molecule has 60 valence electrons. The Morgan fingerprint density at radius 3 is 2.73 bits per heavy atom. The number of nitrogens with zero attached hydrogens (tertiary/aromatic N) is 1. The molecular formula is C7H8BrNOS. The number of pyridine rings is 1. The number of aryl methyl sites for hydroxylation is 1. The van der Waals surface area contributed by atoms with E-state index in [1.54, 1.807) is 12.5 Å². The minimum absolute atomic E-state index is 0.630. The first-order valence-electron chi connectivity index (χ1n) is 3.07. The summed E-state index contributed by atoms with van der Waals surface area (Å²) >= 11 is 2.34. The van der Waals surface area contributed by atoms with Crippen LogP contribution >= 0.6 is 15.9 Å². The number of halogens is 1. The highest BCUT2D eigenvalue weighted by Crippen LogP contribution is 2.16. The Morgan fingerprint density at radius 1 is 1.64 bits per heavy atom. The third-order valence-corrected chi connectivity index (χ3v) is 2.96. The van der Waals surface area contributed by atoms with Crippen molar-refractivity contribution in [3.05, 3.63) is 22.3 Å². The van der Waals surface area contributed by atoms with Crippen molar-refractivity contribution in [1.82, 2.24) is 4.98 Å². The number of aromatic nitrogens is 1. The van der Waals surface area contributed by atoms with E-state index >= 15 is 0 Å². The van der Waals surface area contributed by atoms with Gasteiger partial charge in [0.05, 0.1) is 0 Å². The normalized spacial score (nSPS) is 13.1. The summed E-state index contributed by atoms with van der Waals surface area (Å²) in [6.07, 6.45) is 3.29. The minimum Gasteiger partial charge on any atom is -0.610 e. The third kappa shape index (κ3) is 2.18. The van der Waals surface area contributed by atoms with Crippen LogP contribution in [0, 0.1) is 6.92 Å². The van der Waals surface area contributed by atoms with Crippen LogP contribution in [0.4, 0.5) is 0 Å². The molecule has 0 saturated heterocycles. The van der Waals surface area contributed by atoms with Crippen LogP contribution in [0.2, 0.25) is 0 Å². The summed E-state index contributed by atoms with van der Waals surface area (Å²) in [5, 5.41) is 0.630. The highest BCUT2D eigenvalue weighted by atomic mass is 79.9. The Balaban J connectivity index is 3.05. The van der Waals surface area contributed by atoms with E-state index in [-0.39, 0.29) is 0 Å². The summed E-state index contributed by atoms with van der Waals surface area (Å²) in [6.45, 7) is 1.95. The molecule has 11 heavy (non-hydrogen) atoms. The molecule has 0 saturated carbocycles. The lowest BCUT2D eigenvalue weighted by Gasteiger charge is -2.03. The van der Waals surface area contributed by atoms with E-state index in [0.717, 1.165) is 10.0 Å². The molecular weight excluding hydrogens is 226 g/mol. The maximum Gasteiger partial charge on any atom is 0.244 e. The molecule has 2 nitrogen and oxygen atoms in total. The van der Waals surface area contributed by atoms with Gasteiger partial charge in [0.25, 0.3) is 0 Å². The lowest BCUT2D eigenvalue weighted by Crippen LogP contribution is -2.00. The molecule has 0 amide bonds. The third-order valence-electron chi connectivity index (χ3n) is 1.32. The summed E-state index contributed by atoms with van der Waals surface area (Å²) in [6, 6.07) is 1.82. The van der Waals surface area contributed by atoms with Gasteiger partial charge in [-0.05, 0) is 28.4 Å². The van der Waals surface area contributed by atoms with Crippen LogP contribution in [0.15, 0.2) is 21.8 Å². The zero-order valence-corrected chi connectivity index (χ0v) is 8.70. The van der Waals surface area contributed by atoms with Crippen molar-refractivity contribution in [2.75, 3.05) is 6.26 Å². The fourth-order valence-electron chi connectivity index (χ4n) is 0.671. The Labute approximate surface area is 77.3 Å². The smallest absolute Gasteiger partial charge is 0.244 e. The van der Waals surface area contributed by atoms with E-state index in [1.807, 2.05) is 13.0 Å². The first-order chi connectivity index (χ1) is 5.11. The van der Waals surface area contributed by atoms with Crippen LogP contribution in [0.1, 0.15) is 5.56 Å². The Hall–Kier alpha value is -0.0600. The van der Waals surface area contributed by atoms with Crippen molar-refractivity contribution in [1.29, 1.82) is 0 Å². The first-order valence-corrected chi connectivity index (χ1v) is 5.42. The molecule has 0 aliphatic rings. The number of rotatable bonds is 1. The van der Waals surface area contributed by atoms with Crippen molar-refractivity contribution in [3.8, 4) is 0 Å². The molecule has 0 N–H and O–H groups in total. The molecule has 0 bridgehead atoms.